The summed E-state index contributed by atoms with van der Waals surface area (Å²) >= 11 is 0. The summed E-state index contributed by atoms with van der Waals surface area (Å²) in [6.07, 6.45) is 5.60. The van der Waals surface area contributed by atoms with Crippen molar-refractivity contribution in [2.24, 2.45) is 0 Å². The number of aromatic nitrogens is 6. The smallest absolute Gasteiger partial charge is 0.134 e. The highest BCUT2D eigenvalue weighted by molar-refractivity contribution is 7.86. The van der Waals surface area contributed by atoms with E-state index in [0.29, 0.717) is 22.9 Å². The van der Waals surface area contributed by atoms with Gasteiger partial charge in [-0.15, -0.1) is 10.2 Å². The summed E-state index contributed by atoms with van der Waals surface area (Å²) in [5, 5.41) is 16.8. The molecule has 0 N–H and O–H groups in total. The molecule has 424 valence electrons. The van der Waals surface area contributed by atoms with Crippen molar-refractivity contribution in [3.05, 3.63) is 346 Å². The molecular formula is C70H52N6O8S2-2. The Balaban J connectivity index is 0.734. The number of hydrogen-bond donors (Lipinski definition) is 0. The fraction of sp³-hybridized carbons (Fsp3) is 0.0571. The Morgan fingerprint density at radius 2 is 0.628 bits per heavy atom. The molecular weight excluding hydrogens is 1120 g/mol. The zero-order valence-corrected chi connectivity index (χ0v) is 47.5. The standard InChI is InChI=1S/C70H54N6O8S2/c77-85(78,79)67-45-63(75-47-61(71-73-75)49-83-65-41-35-59(36-42-65)69(53-19-7-1-8-20-53,54-21-9-2-10-22-54)55-23-11-3-12-24-55)39-33-51(67)31-32-52-34-40-64(46-68(52)86(80,81)82)76-48-62(72-74-76)50-84-66-43-37-60(38-44-66)70(56-25-13-4-14-26-56,57-27-15-5-16-28-57)58-29-17-6-18-30-58/h1-48H,49-50H2,(H,77,78,79)(H,80,81,82)/p-2/b32-31+. The maximum Gasteiger partial charge on any atom is 0.134 e. The first-order chi connectivity index (χ1) is 41.9. The van der Waals surface area contributed by atoms with Gasteiger partial charge in [0.05, 0.1) is 44.4 Å². The van der Waals surface area contributed by atoms with Crippen molar-refractivity contribution in [1.29, 1.82) is 0 Å². The molecule has 0 aliphatic carbocycles. The van der Waals surface area contributed by atoms with Gasteiger partial charge in [-0.25, -0.2) is 26.2 Å². The van der Waals surface area contributed by atoms with Gasteiger partial charge in [0.2, 0.25) is 0 Å². The SMILES string of the molecule is O=S(=O)([O-])c1cc(-n2cc(COc3ccc(C(c4ccccc4)(c4ccccc4)c4ccccc4)cc3)nn2)ccc1/C=C/c1ccc(-n2cc(COc3ccc(C(c4ccccc4)(c4ccccc4)c4ccccc4)cc3)nn2)cc1S(=O)(=O)[O-]. The Kier molecular flexibility index (Phi) is 15.7. The zero-order valence-electron chi connectivity index (χ0n) is 45.9. The van der Waals surface area contributed by atoms with E-state index >= 15 is 0 Å². The van der Waals surface area contributed by atoms with Crippen LogP contribution in [0.2, 0.25) is 0 Å². The average Bonchev–Trinajstić information content (AvgIpc) is 1.29. The van der Waals surface area contributed by atoms with Crippen LogP contribution in [0, 0.1) is 0 Å². The normalized spacial score (nSPS) is 12.1. The fourth-order valence-electron chi connectivity index (χ4n) is 11.2. The van der Waals surface area contributed by atoms with Gasteiger partial charge in [-0.1, -0.05) is 241 Å². The summed E-state index contributed by atoms with van der Waals surface area (Å²) in [5.41, 5.74) is 8.51. The van der Waals surface area contributed by atoms with E-state index in [0.717, 1.165) is 56.6 Å². The highest BCUT2D eigenvalue weighted by Gasteiger charge is 2.39. The highest BCUT2D eigenvalue weighted by Crippen LogP contribution is 2.47. The molecule has 86 heavy (non-hydrogen) atoms. The van der Waals surface area contributed by atoms with Crippen LogP contribution in [0.3, 0.4) is 0 Å². The average molecular weight is 1170 g/mol. The van der Waals surface area contributed by atoms with E-state index in [2.05, 4.69) is 118 Å². The van der Waals surface area contributed by atoms with Crippen LogP contribution in [0.5, 0.6) is 11.5 Å². The molecule has 0 fully saturated rings. The van der Waals surface area contributed by atoms with Crippen LogP contribution in [-0.4, -0.2) is 55.9 Å². The predicted octanol–water partition coefficient (Wildman–Crippen LogP) is 12.7. The maximum absolute atomic E-state index is 12.8. The molecule has 0 atom stereocenters. The highest BCUT2D eigenvalue weighted by atomic mass is 32.2. The first kappa shape index (κ1) is 56.1. The molecule has 0 saturated carbocycles. The zero-order chi connectivity index (χ0) is 59.1. The molecule has 12 aromatic rings. The third-order valence-corrected chi connectivity index (χ3v) is 17.0. The number of rotatable bonds is 20. The summed E-state index contributed by atoms with van der Waals surface area (Å²) in [6, 6.07) is 86.1. The van der Waals surface area contributed by atoms with Gasteiger partial charge in [-0.2, -0.15) is 0 Å². The third-order valence-electron chi connectivity index (χ3n) is 15.2. The molecule has 0 radical (unpaired) electrons. The lowest BCUT2D eigenvalue weighted by Crippen LogP contribution is -2.30. The lowest BCUT2D eigenvalue weighted by molar-refractivity contribution is 0.301. The molecule has 2 heterocycles. The molecule has 0 aliphatic heterocycles. The summed E-state index contributed by atoms with van der Waals surface area (Å²) in [5.74, 6) is 1.15. The molecule has 10 aromatic carbocycles. The largest absolute Gasteiger partial charge is 0.744 e. The summed E-state index contributed by atoms with van der Waals surface area (Å²) in [6.45, 7) is 0.0323. The topological polar surface area (TPSA) is 194 Å². The quantitative estimate of drug-likeness (QED) is 0.0399. The van der Waals surface area contributed by atoms with Crippen molar-refractivity contribution in [3.8, 4) is 22.9 Å². The monoisotopic (exact) mass is 1170 g/mol. The van der Waals surface area contributed by atoms with Gasteiger partial charge >= 0.3 is 0 Å². The van der Waals surface area contributed by atoms with Crippen molar-refractivity contribution in [1.82, 2.24) is 30.0 Å². The molecule has 0 bridgehead atoms. The van der Waals surface area contributed by atoms with Gasteiger partial charge in [0.1, 0.15) is 56.3 Å². The van der Waals surface area contributed by atoms with Gasteiger partial charge in [-0.05, 0) is 104 Å². The van der Waals surface area contributed by atoms with Gasteiger partial charge in [0.25, 0.3) is 0 Å². The Hall–Kier alpha value is -10.4. The van der Waals surface area contributed by atoms with E-state index in [1.54, 1.807) is 12.4 Å². The van der Waals surface area contributed by atoms with E-state index in [4.69, 9.17) is 9.47 Å². The van der Waals surface area contributed by atoms with Crippen LogP contribution in [-0.2, 0) is 44.3 Å². The Morgan fingerprint density at radius 1 is 0.360 bits per heavy atom. The summed E-state index contributed by atoms with van der Waals surface area (Å²) < 4.78 is 91.6. The lowest BCUT2D eigenvalue weighted by atomic mass is 9.65. The first-order valence-electron chi connectivity index (χ1n) is 27.4. The minimum Gasteiger partial charge on any atom is -0.744 e. The van der Waals surface area contributed by atoms with Crippen molar-refractivity contribution in [2.45, 2.75) is 33.8 Å². The van der Waals surface area contributed by atoms with E-state index in [9.17, 15) is 25.9 Å². The number of benzene rings is 10. The predicted molar refractivity (Wildman–Crippen MR) is 326 cm³/mol. The van der Waals surface area contributed by atoms with Gasteiger partial charge < -0.3 is 18.6 Å². The summed E-state index contributed by atoms with van der Waals surface area (Å²) in [7, 11) is -10.2. The number of ether oxygens (including phenoxy) is 2. The molecule has 16 heteroatoms. The molecule has 0 amide bonds. The number of nitrogens with zero attached hydrogens (tertiary/aromatic N) is 6. The van der Waals surface area contributed by atoms with Crippen LogP contribution in [0.25, 0.3) is 23.5 Å². The molecule has 14 nitrogen and oxygen atoms in total. The molecule has 0 spiro atoms. The third kappa shape index (κ3) is 11.4. The second-order valence-electron chi connectivity index (χ2n) is 20.3. The van der Waals surface area contributed by atoms with Gasteiger partial charge in [0.15, 0.2) is 0 Å². The molecule has 12 rings (SSSR count). The number of hydrogen-bond acceptors (Lipinski definition) is 12. The fourth-order valence-corrected chi connectivity index (χ4v) is 12.6. The second kappa shape index (κ2) is 24.1. The van der Waals surface area contributed by atoms with Crippen LogP contribution in [0.1, 0.15) is 67.0 Å². The summed E-state index contributed by atoms with van der Waals surface area (Å²) in [4.78, 5) is -1.23. The minimum absolute atomic E-state index is 0.0162. The van der Waals surface area contributed by atoms with Gasteiger partial charge in [-0.3, -0.25) is 0 Å². The van der Waals surface area contributed by atoms with Gasteiger partial charge in [0, 0.05) is 0 Å². The lowest BCUT2D eigenvalue weighted by Gasteiger charge is -2.36. The van der Waals surface area contributed by atoms with E-state index in [-0.39, 0.29) is 35.7 Å². The molecule has 2 aromatic heterocycles. The second-order valence-corrected chi connectivity index (χ2v) is 23.0. The first-order valence-corrected chi connectivity index (χ1v) is 30.2. The molecule has 0 saturated heterocycles. The van der Waals surface area contributed by atoms with Crippen molar-refractivity contribution in [3.63, 3.8) is 0 Å². The minimum atomic E-state index is -5.11. The van der Waals surface area contributed by atoms with Crippen molar-refractivity contribution >= 4 is 32.4 Å². The van der Waals surface area contributed by atoms with Crippen molar-refractivity contribution in [2.75, 3.05) is 0 Å². The van der Waals surface area contributed by atoms with E-state index < -0.39 is 40.9 Å². The van der Waals surface area contributed by atoms with Crippen LogP contribution in [0.15, 0.2) is 289 Å². The maximum atomic E-state index is 12.8. The Morgan fingerprint density at radius 3 is 0.895 bits per heavy atom. The van der Waals surface area contributed by atoms with Crippen LogP contribution >= 0.6 is 0 Å². The molecule has 0 aliphatic rings. The van der Waals surface area contributed by atoms with Crippen molar-refractivity contribution < 1.29 is 35.4 Å². The van der Waals surface area contributed by atoms with Crippen LogP contribution in [0.4, 0.5) is 0 Å². The Labute approximate surface area is 498 Å². The van der Waals surface area contributed by atoms with E-state index in [1.807, 2.05) is 133 Å². The van der Waals surface area contributed by atoms with E-state index in [1.165, 1.54) is 45.8 Å². The Bertz CT molecular complexity index is 4070. The van der Waals surface area contributed by atoms with Crippen LogP contribution < -0.4 is 9.47 Å². The molecule has 0 unspecified atom stereocenters.